The molecule has 0 atom stereocenters. The number of hydrogen-bond acceptors (Lipinski definition) is 4. The Hall–Kier alpha value is -2.20. The smallest absolute Gasteiger partial charge is 0.194 e. The molecule has 6 nitrogen and oxygen atoms in total. The third kappa shape index (κ3) is 6.65. The number of nitrogens with zero attached hydrogens (tertiary/aromatic N) is 5. The standard InChI is InChI=1S/C24H30N6S.HI/c1-19-27-28-23(29(19)2)18-26-24(25-13-10-22-9-6-16-31-22)30-14-11-21(12-15-30)17-20-7-4-3-5-8-20;/h3-9,16-17H,10-15,18H2,1-2H3,(H,25,26);1H. The first-order chi connectivity index (χ1) is 15.2. The highest BCUT2D eigenvalue weighted by Crippen LogP contribution is 2.20. The van der Waals surface area contributed by atoms with Gasteiger partial charge >= 0.3 is 0 Å². The molecule has 1 saturated heterocycles. The summed E-state index contributed by atoms with van der Waals surface area (Å²) in [6, 6.07) is 14.9. The number of nitrogens with one attached hydrogen (secondary N) is 1. The number of guanidine groups is 1. The van der Waals surface area contributed by atoms with Crippen molar-refractivity contribution in [1.29, 1.82) is 0 Å². The van der Waals surface area contributed by atoms with Crippen LogP contribution >= 0.6 is 35.3 Å². The second kappa shape index (κ2) is 12.2. The molecule has 3 heterocycles. The zero-order valence-electron chi connectivity index (χ0n) is 18.7. The lowest BCUT2D eigenvalue weighted by atomic mass is 10.0. The number of benzene rings is 1. The molecular formula is C24H31IN6S. The van der Waals surface area contributed by atoms with E-state index >= 15 is 0 Å². The van der Waals surface area contributed by atoms with E-state index in [0.29, 0.717) is 6.54 Å². The van der Waals surface area contributed by atoms with Crippen molar-refractivity contribution in [2.24, 2.45) is 12.0 Å². The number of aromatic nitrogens is 3. The Balaban J connectivity index is 0.00000289. The van der Waals surface area contributed by atoms with E-state index in [2.05, 4.69) is 74.3 Å². The minimum atomic E-state index is 0. The quantitative estimate of drug-likeness (QED) is 0.270. The molecule has 1 aliphatic heterocycles. The van der Waals surface area contributed by atoms with Gasteiger partial charge in [-0.05, 0) is 43.2 Å². The van der Waals surface area contributed by atoms with Crippen LogP contribution in [-0.4, -0.2) is 45.3 Å². The Kier molecular flexibility index (Phi) is 9.28. The van der Waals surface area contributed by atoms with E-state index in [1.165, 1.54) is 16.0 Å². The van der Waals surface area contributed by atoms with Gasteiger partial charge in [-0.15, -0.1) is 45.5 Å². The van der Waals surface area contributed by atoms with E-state index in [4.69, 9.17) is 4.99 Å². The molecule has 0 aliphatic carbocycles. The maximum atomic E-state index is 4.91. The fraction of sp³-hybridized carbons (Fsp3) is 0.375. The van der Waals surface area contributed by atoms with Crippen molar-refractivity contribution in [2.45, 2.75) is 32.7 Å². The molecule has 1 aromatic carbocycles. The molecule has 1 N–H and O–H groups in total. The molecule has 4 rings (SSSR count). The molecule has 0 amide bonds. The lowest BCUT2D eigenvalue weighted by molar-refractivity contribution is 0.374. The highest BCUT2D eigenvalue weighted by Gasteiger charge is 2.18. The van der Waals surface area contributed by atoms with Gasteiger partial charge in [-0.3, -0.25) is 0 Å². The average Bonchev–Trinajstić information content (AvgIpc) is 3.43. The molecular weight excluding hydrogens is 531 g/mol. The van der Waals surface area contributed by atoms with E-state index in [0.717, 1.165) is 56.5 Å². The Morgan fingerprint density at radius 2 is 1.91 bits per heavy atom. The fourth-order valence-electron chi connectivity index (χ4n) is 3.69. The maximum Gasteiger partial charge on any atom is 0.194 e. The second-order valence-corrected chi connectivity index (χ2v) is 8.85. The van der Waals surface area contributed by atoms with Crippen LogP contribution in [0.3, 0.4) is 0 Å². The zero-order valence-corrected chi connectivity index (χ0v) is 21.8. The van der Waals surface area contributed by atoms with Gasteiger partial charge in [0, 0.05) is 31.6 Å². The second-order valence-electron chi connectivity index (χ2n) is 7.82. The molecule has 32 heavy (non-hydrogen) atoms. The molecule has 0 unspecified atom stereocenters. The fourth-order valence-corrected chi connectivity index (χ4v) is 4.40. The third-order valence-electron chi connectivity index (χ3n) is 5.66. The van der Waals surface area contributed by atoms with E-state index in [-0.39, 0.29) is 24.0 Å². The number of hydrogen-bond donors (Lipinski definition) is 1. The van der Waals surface area contributed by atoms with Gasteiger partial charge in [0.25, 0.3) is 0 Å². The molecule has 8 heteroatoms. The third-order valence-corrected chi connectivity index (χ3v) is 6.60. The Labute approximate surface area is 211 Å². The van der Waals surface area contributed by atoms with Gasteiger partial charge in [0.2, 0.25) is 0 Å². The van der Waals surface area contributed by atoms with Gasteiger partial charge in [-0.1, -0.05) is 48.0 Å². The monoisotopic (exact) mass is 562 g/mol. The van der Waals surface area contributed by atoms with Gasteiger partial charge in [0.15, 0.2) is 11.8 Å². The molecule has 1 aliphatic rings. The molecule has 1 fully saturated rings. The number of thiophene rings is 1. The number of halogens is 1. The molecule has 170 valence electrons. The molecule has 0 saturated carbocycles. The van der Waals surface area contributed by atoms with Crippen LogP contribution in [0.4, 0.5) is 0 Å². The summed E-state index contributed by atoms with van der Waals surface area (Å²) in [5.41, 5.74) is 2.79. The van der Waals surface area contributed by atoms with Gasteiger partial charge in [0.1, 0.15) is 12.4 Å². The summed E-state index contributed by atoms with van der Waals surface area (Å²) >= 11 is 1.80. The topological polar surface area (TPSA) is 58.3 Å². The number of aliphatic imine (C=N–C) groups is 1. The number of likely N-dealkylation sites (tertiary alicyclic amines) is 1. The van der Waals surface area contributed by atoms with Crippen LogP contribution in [0.5, 0.6) is 0 Å². The Morgan fingerprint density at radius 1 is 1.12 bits per heavy atom. The van der Waals surface area contributed by atoms with Gasteiger partial charge in [-0.2, -0.15) is 0 Å². The normalized spacial score (nSPS) is 14.2. The summed E-state index contributed by atoms with van der Waals surface area (Å²) < 4.78 is 2.00. The van der Waals surface area contributed by atoms with E-state index < -0.39 is 0 Å². The van der Waals surface area contributed by atoms with Crippen LogP contribution < -0.4 is 5.32 Å². The van der Waals surface area contributed by atoms with Crippen molar-refractivity contribution >= 4 is 47.3 Å². The summed E-state index contributed by atoms with van der Waals surface area (Å²) in [4.78, 5) is 8.68. The van der Waals surface area contributed by atoms with Crippen molar-refractivity contribution < 1.29 is 0 Å². The highest BCUT2D eigenvalue weighted by atomic mass is 127. The SMILES string of the molecule is Cc1nnc(CN=C(NCCc2cccs2)N2CCC(=Cc3ccccc3)CC2)n1C.I. The summed E-state index contributed by atoms with van der Waals surface area (Å²) in [5.74, 6) is 2.76. The van der Waals surface area contributed by atoms with Crippen molar-refractivity contribution in [2.75, 3.05) is 19.6 Å². The van der Waals surface area contributed by atoms with Crippen LogP contribution in [0.15, 0.2) is 58.4 Å². The van der Waals surface area contributed by atoms with Gasteiger partial charge in [0.05, 0.1) is 0 Å². The molecule has 0 bridgehead atoms. The van der Waals surface area contributed by atoms with Crippen LogP contribution in [0, 0.1) is 6.92 Å². The lowest BCUT2D eigenvalue weighted by Crippen LogP contribution is -2.45. The number of rotatable bonds is 6. The average molecular weight is 563 g/mol. The van der Waals surface area contributed by atoms with Gasteiger partial charge < -0.3 is 14.8 Å². The van der Waals surface area contributed by atoms with E-state index in [9.17, 15) is 0 Å². The lowest BCUT2D eigenvalue weighted by Gasteiger charge is -2.31. The summed E-state index contributed by atoms with van der Waals surface area (Å²) in [6.45, 7) is 5.32. The van der Waals surface area contributed by atoms with Crippen molar-refractivity contribution in [3.8, 4) is 0 Å². The van der Waals surface area contributed by atoms with Crippen molar-refractivity contribution in [3.05, 3.63) is 75.5 Å². The number of aryl methyl sites for hydroxylation is 1. The van der Waals surface area contributed by atoms with Crippen LogP contribution in [-0.2, 0) is 20.0 Å². The summed E-state index contributed by atoms with van der Waals surface area (Å²) in [5, 5.41) is 14.1. The number of piperidine rings is 1. The predicted octanol–water partition coefficient (Wildman–Crippen LogP) is 4.67. The van der Waals surface area contributed by atoms with Crippen molar-refractivity contribution in [3.63, 3.8) is 0 Å². The minimum absolute atomic E-state index is 0. The van der Waals surface area contributed by atoms with Crippen molar-refractivity contribution in [1.82, 2.24) is 25.0 Å². The summed E-state index contributed by atoms with van der Waals surface area (Å²) in [6.07, 6.45) is 5.46. The first-order valence-electron chi connectivity index (χ1n) is 10.8. The highest BCUT2D eigenvalue weighted by molar-refractivity contribution is 14.0. The first-order valence-corrected chi connectivity index (χ1v) is 11.7. The molecule has 0 spiro atoms. The van der Waals surface area contributed by atoms with E-state index in [1.54, 1.807) is 11.3 Å². The predicted molar refractivity (Wildman–Crippen MR) is 144 cm³/mol. The van der Waals surface area contributed by atoms with Crippen LogP contribution in [0.2, 0.25) is 0 Å². The Morgan fingerprint density at radius 3 is 2.56 bits per heavy atom. The Bertz CT molecular complexity index is 1020. The minimum Gasteiger partial charge on any atom is -0.356 e. The van der Waals surface area contributed by atoms with Crippen LogP contribution in [0.25, 0.3) is 6.08 Å². The summed E-state index contributed by atoms with van der Waals surface area (Å²) in [7, 11) is 1.99. The molecule has 0 radical (unpaired) electrons. The largest absolute Gasteiger partial charge is 0.356 e. The zero-order chi connectivity index (χ0) is 21.5. The first kappa shape index (κ1) is 24.4. The molecule has 3 aromatic rings. The maximum absolute atomic E-state index is 4.91. The van der Waals surface area contributed by atoms with Gasteiger partial charge in [-0.25, -0.2) is 4.99 Å². The molecule has 2 aromatic heterocycles. The van der Waals surface area contributed by atoms with Crippen LogP contribution in [0.1, 0.15) is 34.9 Å². The van der Waals surface area contributed by atoms with E-state index in [1.807, 2.05) is 18.5 Å².